The Morgan fingerprint density at radius 2 is 0.672 bits per heavy atom. The second-order valence-electron chi connectivity index (χ2n) is 14.9. The van der Waals surface area contributed by atoms with Crippen LogP contribution in [0.4, 0.5) is 0 Å². The van der Waals surface area contributed by atoms with Gasteiger partial charge in [-0.25, -0.2) is 9.97 Å². The fourth-order valence-corrected chi connectivity index (χ4v) is 8.58. The van der Waals surface area contributed by atoms with E-state index in [4.69, 9.17) is 9.97 Å². The number of benzene rings is 10. The Bertz CT molecular complexity index is 3310. The minimum atomic E-state index is 0.691. The van der Waals surface area contributed by atoms with Crippen LogP contribution in [0, 0.1) is 0 Å². The number of hydrogen-bond acceptors (Lipinski definition) is 2. The van der Waals surface area contributed by atoms with Gasteiger partial charge in [-0.15, -0.1) is 0 Å². The molecule has 0 fully saturated rings. The number of nitrogens with zero attached hydrogens (tertiary/aromatic N) is 2. The molecule has 1 aromatic heterocycles. The van der Waals surface area contributed by atoms with Crippen LogP contribution in [0.25, 0.3) is 110 Å². The molecular weight excluding hydrogens is 701 g/mol. The SMILES string of the molecule is c1cc(-c2cc(-c3ccc(-c4cccc5ccccc45)cc3)nc(-c3ccc(-c4cc5ccccc5c5ccccc45)cc3)n2)cc(-c2cccc3ccccc23)c1. The van der Waals surface area contributed by atoms with E-state index in [1.807, 2.05) is 0 Å². The highest BCUT2D eigenvalue weighted by atomic mass is 14.9. The van der Waals surface area contributed by atoms with Crippen molar-refractivity contribution in [2.24, 2.45) is 0 Å². The molecule has 11 aromatic rings. The zero-order chi connectivity index (χ0) is 38.4. The molecule has 0 aliphatic carbocycles. The van der Waals surface area contributed by atoms with Gasteiger partial charge in [0.1, 0.15) is 0 Å². The van der Waals surface area contributed by atoms with Crippen molar-refractivity contribution in [2.45, 2.75) is 0 Å². The molecule has 0 saturated carbocycles. The summed E-state index contributed by atoms with van der Waals surface area (Å²) in [7, 11) is 0. The van der Waals surface area contributed by atoms with E-state index in [9.17, 15) is 0 Å². The molecule has 0 aliphatic rings. The molecule has 10 aromatic carbocycles. The van der Waals surface area contributed by atoms with Crippen molar-refractivity contribution < 1.29 is 0 Å². The van der Waals surface area contributed by atoms with Crippen LogP contribution in [0.15, 0.2) is 218 Å². The second kappa shape index (κ2) is 14.1. The first kappa shape index (κ1) is 33.6. The maximum Gasteiger partial charge on any atom is 0.160 e. The Kier molecular flexibility index (Phi) is 8.19. The molecule has 2 nitrogen and oxygen atoms in total. The van der Waals surface area contributed by atoms with Crippen molar-refractivity contribution in [1.82, 2.24) is 9.97 Å². The third-order valence-corrected chi connectivity index (χ3v) is 11.5. The summed E-state index contributed by atoms with van der Waals surface area (Å²) < 4.78 is 0. The van der Waals surface area contributed by atoms with Crippen LogP contribution >= 0.6 is 0 Å². The van der Waals surface area contributed by atoms with E-state index in [1.54, 1.807) is 0 Å². The molecule has 11 rings (SSSR count). The fraction of sp³-hybridized carbons (Fsp3) is 0. The summed E-state index contributed by atoms with van der Waals surface area (Å²) in [5.41, 5.74) is 11.9. The summed E-state index contributed by atoms with van der Waals surface area (Å²) in [6.07, 6.45) is 0. The van der Waals surface area contributed by atoms with Gasteiger partial charge in [-0.05, 0) is 94.7 Å². The Labute approximate surface area is 337 Å². The minimum absolute atomic E-state index is 0.691. The predicted molar refractivity (Wildman–Crippen MR) is 245 cm³/mol. The number of aromatic nitrogens is 2. The maximum absolute atomic E-state index is 5.28. The summed E-state index contributed by atoms with van der Waals surface area (Å²) >= 11 is 0. The largest absolute Gasteiger partial charge is 0.228 e. The van der Waals surface area contributed by atoms with Crippen molar-refractivity contribution in [1.29, 1.82) is 0 Å². The Balaban J connectivity index is 1.03. The molecule has 0 aliphatic heterocycles. The molecule has 0 amide bonds. The normalized spacial score (nSPS) is 11.4. The van der Waals surface area contributed by atoms with Crippen molar-refractivity contribution >= 4 is 43.1 Å². The molecule has 0 spiro atoms. The first-order valence-corrected chi connectivity index (χ1v) is 19.8. The fourth-order valence-electron chi connectivity index (χ4n) is 8.58. The van der Waals surface area contributed by atoms with E-state index in [1.165, 1.54) is 65.3 Å². The molecule has 58 heavy (non-hydrogen) atoms. The lowest BCUT2D eigenvalue weighted by atomic mass is 9.93. The highest BCUT2D eigenvalue weighted by molar-refractivity contribution is 6.13. The smallest absolute Gasteiger partial charge is 0.160 e. The van der Waals surface area contributed by atoms with Gasteiger partial charge in [0, 0.05) is 16.7 Å². The quantitative estimate of drug-likeness (QED) is 0.159. The van der Waals surface area contributed by atoms with Gasteiger partial charge in [0.2, 0.25) is 0 Å². The lowest BCUT2D eigenvalue weighted by Gasteiger charge is -2.13. The first-order chi connectivity index (χ1) is 28.7. The van der Waals surface area contributed by atoms with Gasteiger partial charge >= 0.3 is 0 Å². The average Bonchev–Trinajstić information content (AvgIpc) is 3.31. The molecule has 0 saturated heterocycles. The number of hydrogen-bond donors (Lipinski definition) is 0. The van der Waals surface area contributed by atoms with Crippen molar-refractivity contribution in [3.63, 3.8) is 0 Å². The van der Waals surface area contributed by atoms with E-state index in [-0.39, 0.29) is 0 Å². The van der Waals surface area contributed by atoms with E-state index < -0.39 is 0 Å². The minimum Gasteiger partial charge on any atom is -0.228 e. The molecule has 270 valence electrons. The molecular formula is C56H36N2. The summed E-state index contributed by atoms with van der Waals surface area (Å²) in [4.78, 5) is 10.5. The van der Waals surface area contributed by atoms with Crippen LogP contribution < -0.4 is 0 Å². The van der Waals surface area contributed by atoms with Crippen LogP contribution in [0.3, 0.4) is 0 Å². The van der Waals surface area contributed by atoms with Crippen molar-refractivity contribution in [3.05, 3.63) is 218 Å². The van der Waals surface area contributed by atoms with Gasteiger partial charge in [0.15, 0.2) is 5.82 Å². The summed E-state index contributed by atoms with van der Waals surface area (Å²) in [5.74, 6) is 0.691. The van der Waals surface area contributed by atoms with Crippen LogP contribution in [-0.4, -0.2) is 9.97 Å². The van der Waals surface area contributed by atoms with Crippen LogP contribution in [0.5, 0.6) is 0 Å². The van der Waals surface area contributed by atoms with E-state index in [0.717, 1.165) is 39.2 Å². The van der Waals surface area contributed by atoms with Crippen LogP contribution in [-0.2, 0) is 0 Å². The average molecular weight is 737 g/mol. The summed E-state index contributed by atoms with van der Waals surface area (Å²) in [5, 5.41) is 9.95. The predicted octanol–water partition coefficient (Wildman–Crippen LogP) is 15.1. The standard InChI is InChI=1S/C56H36N2/c1-4-19-46-37(12-1)15-10-24-48(46)39-26-30-41(31-27-39)54-36-55(45-18-9-17-43(34-45)49-25-11-16-38-13-2-5-20-47(38)49)58-56(57-54)42-32-28-40(29-33-42)53-35-44-14-3-6-21-50(44)51-22-7-8-23-52(51)53/h1-36H. The second-order valence-corrected chi connectivity index (χ2v) is 14.9. The van der Waals surface area contributed by atoms with Gasteiger partial charge in [-0.3, -0.25) is 0 Å². The number of rotatable bonds is 6. The van der Waals surface area contributed by atoms with Gasteiger partial charge in [-0.2, -0.15) is 0 Å². The highest BCUT2D eigenvalue weighted by Crippen LogP contribution is 2.38. The summed E-state index contributed by atoms with van der Waals surface area (Å²) in [6.45, 7) is 0. The van der Waals surface area contributed by atoms with Gasteiger partial charge in [0.25, 0.3) is 0 Å². The Hall–Kier alpha value is -7.68. The zero-order valence-electron chi connectivity index (χ0n) is 31.7. The summed E-state index contributed by atoms with van der Waals surface area (Å²) in [6, 6.07) is 78.2. The van der Waals surface area contributed by atoms with Crippen molar-refractivity contribution in [2.75, 3.05) is 0 Å². The van der Waals surface area contributed by atoms with Gasteiger partial charge in [-0.1, -0.05) is 200 Å². The molecule has 0 radical (unpaired) electrons. The van der Waals surface area contributed by atoms with E-state index >= 15 is 0 Å². The monoisotopic (exact) mass is 736 g/mol. The van der Waals surface area contributed by atoms with Gasteiger partial charge in [0.05, 0.1) is 11.4 Å². The Morgan fingerprint density at radius 1 is 0.224 bits per heavy atom. The third kappa shape index (κ3) is 6.00. The highest BCUT2D eigenvalue weighted by Gasteiger charge is 2.15. The van der Waals surface area contributed by atoms with Gasteiger partial charge < -0.3 is 0 Å². The lowest BCUT2D eigenvalue weighted by molar-refractivity contribution is 1.18. The topological polar surface area (TPSA) is 25.8 Å². The van der Waals surface area contributed by atoms with Crippen LogP contribution in [0.2, 0.25) is 0 Å². The molecule has 0 atom stereocenters. The van der Waals surface area contributed by atoms with Crippen molar-refractivity contribution in [3.8, 4) is 67.3 Å². The first-order valence-electron chi connectivity index (χ1n) is 19.8. The van der Waals surface area contributed by atoms with Crippen LogP contribution in [0.1, 0.15) is 0 Å². The maximum atomic E-state index is 5.28. The zero-order valence-corrected chi connectivity index (χ0v) is 31.7. The molecule has 2 heteroatoms. The van der Waals surface area contributed by atoms with E-state index in [2.05, 4.69) is 218 Å². The number of fused-ring (bicyclic) bond motifs is 5. The lowest BCUT2D eigenvalue weighted by Crippen LogP contribution is -1.96. The molecule has 0 unspecified atom stereocenters. The Morgan fingerprint density at radius 3 is 1.34 bits per heavy atom. The molecule has 0 bridgehead atoms. The molecule has 1 heterocycles. The van der Waals surface area contributed by atoms with E-state index in [0.29, 0.717) is 5.82 Å². The molecule has 0 N–H and O–H groups in total. The third-order valence-electron chi connectivity index (χ3n) is 11.5.